The molecule has 4 nitrogen and oxygen atoms in total. The Labute approximate surface area is 143 Å². The highest BCUT2D eigenvalue weighted by Gasteiger charge is 2.15. The molecule has 2 heterocycles. The van der Waals surface area contributed by atoms with Crippen LogP contribution in [0.1, 0.15) is 42.3 Å². The van der Waals surface area contributed by atoms with E-state index in [2.05, 4.69) is 4.90 Å². The molecule has 1 aliphatic rings. The van der Waals surface area contributed by atoms with Gasteiger partial charge in [0.25, 0.3) is 0 Å². The third-order valence-corrected chi connectivity index (χ3v) is 4.31. The number of carbonyl (C=O) groups excluding carboxylic acids is 1. The first-order valence-corrected chi connectivity index (χ1v) is 8.04. The van der Waals surface area contributed by atoms with Crippen molar-refractivity contribution in [1.82, 2.24) is 4.90 Å². The van der Waals surface area contributed by atoms with E-state index in [1.54, 1.807) is 6.92 Å². The molecule has 0 saturated carbocycles. The first-order chi connectivity index (χ1) is 10.6. The second-order valence-corrected chi connectivity index (χ2v) is 6.00. The lowest BCUT2D eigenvalue weighted by atomic mass is 10.1. The lowest BCUT2D eigenvalue weighted by molar-refractivity contribution is 0.101. The monoisotopic (exact) mass is 337 g/mol. The Bertz CT molecular complexity index is 674. The molecule has 0 radical (unpaired) electrons. The Hall–Kier alpha value is -1.52. The Morgan fingerprint density at radius 1 is 1.26 bits per heavy atom. The van der Waals surface area contributed by atoms with Crippen LogP contribution in [0.25, 0.3) is 11.0 Å². The average molecular weight is 338 g/mol. The van der Waals surface area contributed by atoms with Gasteiger partial charge in [0, 0.05) is 11.9 Å². The zero-order chi connectivity index (χ0) is 15.5. The lowest BCUT2D eigenvalue weighted by Gasteiger charge is -2.26. The molecule has 1 saturated heterocycles. The number of halogens is 1. The fourth-order valence-corrected chi connectivity index (χ4v) is 3.20. The van der Waals surface area contributed by atoms with Gasteiger partial charge in [-0.3, -0.25) is 9.69 Å². The molecular weight excluding hydrogens is 314 g/mol. The summed E-state index contributed by atoms with van der Waals surface area (Å²) < 4.78 is 11.5. The van der Waals surface area contributed by atoms with Crippen LogP contribution in [0.3, 0.4) is 0 Å². The van der Waals surface area contributed by atoms with Crippen molar-refractivity contribution in [2.75, 3.05) is 26.2 Å². The van der Waals surface area contributed by atoms with Gasteiger partial charge in [0.15, 0.2) is 5.78 Å². The Morgan fingerprint density at radius 2 is 2.00 bits per heavy atom. The van der Waals surface area contributed by atoms with Crippen LogP contribution in [-0.4, -0.2) is 36.9 Å². The van der Waals surface area contributed by atoms with Gasteiger partial charge in [0.1, 0.15) is 23.7 Å². The van der Waals surface area contributed by atoms with Crippen LogP contribution in [0.15, 0.2) is 22.6 Å². The number of carbonyl (C=O) groups is 1. The van der Waals surface area contributed by atoms with E-state index < -0.39 is 0 Å². The summed E-state index contributed by atoms with van der Waals surface area (Å²) in [4.78, 5) is 14.2. The Morgan fingerprint density at radius 3 is 2.70 bits per heavy atom. The van der Waals surface area contributed by atoms with Gasteiger partial charge < -0.3 is 9.15 Å². The van der Waals surface area contributed by atoms with Crippen LogP contribution < -0.4 is 4.74 Å². The number of likely N-dealkylation sites (tertiary alicyclic amines) is 1. The normalized spacial score (nSPS) is 15.4. The molecule has 0 N–H and O–H groups in total. The van der Waals surface area contributed by atoms with E-state index in [4.69, 9.17) is 9.15 Å². The summed E-state index contributed by atoms with van der Waals surface area (Å²) in [7, 11) is 0. The van der Waals surface area contributed by atoms with Gasteiger partial charge in [-0.15, -0.1) is 12.4 Å². The highest BCUT2D eigenvalue weighted by atomic mass is 35.5. The minimum atomic E-state index is 0. The van der Waals surface area contributed by atoms with Gasteiger partial charge in [-0.25, -0.2) is 0 Å². The molecule has 0 aliphatic carbocycles. The predicted octanol–water partition coefficient (Wildman–Crippen LogP) is 4.23. The third-order valence-electron chi connectivity index (χ3n) is 4.31. The van der Waals surface area contributed by atoms with E-state index >= 15 is 0 Å². The van der Waals surface area contributed by atoms with Crippen molar-refractivity contribution in [3.8, 4) is 5.75 Å². The van der Waals surface area contributed by atoms with Crippen LogP contribution >= 0.6 is 12.4 Å². The molecule has 23 heavy (non-hydrogen) atoms. The standard InChI is InChI=1S/C18H23NO3.ClH/c1-13(20)18-14(2)22-17-7-6-15(12-16(17)18)21-11-10-19-8-4-3-5-9-19;/h6-7,12H,3-5,8-11H2,1-2H3;1H. The van der Waals surface area contributed by atoms with Crippen LogP contribution in [0.4, 0.5) is 0 Å². The Balaban J connectivity index is 0.00000192. The number of ether oxygens (including phenoxy) is 1. The maximum Gasteiger partial charge on any atom is 0.163 e. The molecule has 0 amide bonds. The third kappa shape index (κ3) is 4.06. The van der Waals surface area contributed by atoms with E-state index in [1.165, 1.54) is 32.4 Å². The Kier molecular flexibility index (Phi) is 6.08. The molecule has 126 valence electrons. The van der Waals surface area contributed by atoms with E-state index in [0.29, 0.717) is 17.9 Å². The molecular formula is C18H24ClNO3. The number of fused-ring (bicyclic) bond motifs is 1. The molecule has 0 spiro atoms. The smallest absolute Gasteiger partial charge is 0.163 e. The van der Waals surface area contributed by atoms with Gasteiger partial charge in [0.2, 0.25) is 0 Å². The highest BCUT2D eigenvalue weighted by Crippen LogP contribution is 2.29. The van der Waals surface area contributed by atoms with Gasteiger partial charge in [0.05, 0.1) is 5.56 Å². The molecule has 5 heteroatoms. The maximum atomic E-state index is 11.8. The lowest BCUT2D eigenvalue weighted by Crippen LogP contribution is -2.33. The quantitative estimate of drug-likeness (QED) is 0.766. The van der Waals surface area contributed by atoms with Crippen molar-refractivity contribution < 1.29 is 13.9 Å². The summed E-state index contributed by atoms with van der Waals surface area (Å²) in [5.74, 6) is 1.50. The summed E-state index contributed by atoms with van der Waals surface area (Å²) in [6, 6.07) is 5.70. The molecule has 1 aliphatic heterocycles. The molecule has 2 aromatic rings. The number of rotatable bonds is 5. The molecule has 0 atom stereocenters. The molecule has 0 unspecified atom stereocenters. The summed E-state index contributed by atoms with van der Waals surface area (Å²) in [5, 5.41) is 0.848. The van der Waals surface area contributed by atoms with Gasteiger partial charge >= 0.3 is 0 Å². The minimum Gasteiger partial charge on any atom is -0.492 e. The number of aryl methyl sites for hydroxylation is 1. The molecule has 0 bridgehead atoms. The van der Waals surface area contributed by atoms with E-state index in [0.717, 1.165) is 23.3 Å². The number of hydrogen-bond donors (Lipinski definition) is 0. The van der Waals surface area contributed by atoms with Crippen molar-refractivity contribution >= 4 is 29.2 Å². The number of hydrogen-bond acceptors (Lipinski definition) is 4. The molecule has 1 fully saturated rings. The largest absolute Gasteiger partial charge is 0.492 e. The van der Waals surface area contributed by atoms with E-state index in [-0.39, 0.29) is 18.2 Å². The second kappa shape index (κ2) is 7.84. The average Bonchev–Trinajstić information content (AvgIpc) is 2.83. The first-order valence-electron chi connectivity index (χ1n) is 8.04. The predicted molar refractivity (Wildman–Crippen MR) is 94.0 cm³/mol. The van der Waals surface area contributed by atoms with Crippen molar-refractivity contribution in [1.29, 1.82) is 0 Å². The number of piperidine rings is 1. The summed E-state index contributed by atoms with van der Waals surface area (Å²) in [5.41, 5.74) is 1.41. The molecule has 1 aromatic heterocycles. The van der Waals surface area contributed by atoms with Crippen LogP contribution in [0, 0.1) is 6.92 Å². The first kappa shape index (κ1) is 17.8. The van der Waals surface area contributed by atoms with Crippen molar-refractivity contribution in [3.63, 3.8) is 0 Å². The summed E-state index contributed by atoms with van der Waals surface area (Å²) >= 11 is 0. The highest BCUT2D eigenvalue weighted by molar-refractivity contribution is 6.07. The van der Waals surface area contributed by atoms with Crippen LogP contribution in [0.2, 0.25) is 0 Å². The van der Waals surface area contributed by atoms with Gasteiger partial charge in [-0.1, -0.05) is 6.42 Å². The van der Waals surface area contributed by atoms with Crippen LogP contribution in [-0.2, 0) is 0 Å². The maximum absolute atomic E-state index is 11.8. The van der Waals surface area contributed by atoms with Gasteiger partial charge in [-0.2, -0.15) is 0 Å². The molecule has 3 rings (SSSR count). The van der Waals surface area contributed by atoms with Crippen LogP contribution in [0.5, 0.6) is 5.75 Å². The van der Waals surface area contributed by atoms with Crippen molar-refractivity contribution in [2.24, 2.45) is 0 Å². The zero-order valence-electron chi connectivity index (χ0n) is 13.8. The number of ketones is 1. The topological polar surface area (TPSA) is 42.7 Å². The number of Topliss-reactive ketones (excluding diaryl/α,β-unsaturated/α-hetero) is 1. The zero-order valence-corrected chi connectivity index (χ0v) is 14.6. The number of nitrogens with zero attached hydrogens (tertiary/aromatic N) is 1. The molecule has 1 aromatic carbocycles. The van der Waals surface area contributed by atoms with Crippen molar-refractivity contribution in [3.05, 3.63) is 29.5 Å². The van der Waals surface area contributed by atoms with E-state index in [9.17, 15) is 4.79 Å². The SMILES string of the molecule is CC(=O)c1c(C)oc2ccc(OCCN3CCCCC3)cc12.Cl. The van der Waals surface area contributed by atoms with Crippen molar-refractivity contribution in [2.45, 2.75) is 33.1 Å². The fourth-order valence-electron chi connectivity index (χ4n) is 3.20. The fraction of sp³-hybridized carbons (Fsp3) is 0.500. The summed E-state index contributed by atoms with van der Waals surface area (Å²) in [6.45, 7) is 7.39. The van der Waals surface area contributed by atoms with E-state index in [1.807, 2.05) is 25.1 Å². The number of benzene rings is 1. The minimum absolute atomic E-state index is 0. The van der Waals surface area contributed by atoms with Gasteiger partial charge in [-0.05, 0) is 58.0 Å². The second-order valence-electron chi connectivity index (χ2n) is 6.00. The summed E-state index contributed by atoms with van der Waals surface area (Å²) in [6.07, 6.45) is 3.94. The number of furan rings is 1.